The van der Waals surface area contributed by atoms with E-state index in [-0.39, 0.29) is 20.7 Å². The minimum absolute atomic E-state index is 0.218. The van der Waals surface area contributed by atoms with Gasteiger partial charge in [-0.25, -0.2) is 4.99 Å². The van der Waals surface area contributed by atoms with Crippen molar-refractivity contribution >= 4 is 46.6 Å². The Morgan fingerprint density at radius 3 is 3.08 bits per heavy atom. The van der Waals surface area contributed by atoms with E-state index in [0.29, 0.717) is 0 Å². The summed E-state index contributed by atoms with van der Waals surface area (Å²) in [5.41, 5.74) is 6.86. The van der Waals surface area contributed by atoms with Gasteiger partial charge in [0.15, 0.2) is 0 Å². The summed E-state index contributed by atoms with van der Waals surface area (Å²) < 4.78 is 3.25. The van der Waals surface area contributed by atoms with Crippen LogP contribution in [0.3, 0.4) is 0 Å². The molecule has 1 heterocycles. The van der Waals surface area contributed by atoms with Crippen LogP contribution in [0.2, 0.25) is 0 Å². The Balaban J connectivity index is 2.61. The third-order valence-electron chi connectivity index (χ3n) is 1.49. The van der Waals surface area contributed by atoms with Crippen LogP contribution in [0.25, 0.3) is 0 Å². The lowest BCUT2D eigenvalue weighted by Gasteiger charge is -2.05. The van der Waals surface area contributed by atoms with Crippen molar-refractivity contribution in [2.45, 2.75) is 0 Å². The highest BCUT2D eigenvalue weighted by Crippen LogP contribution is 2.23. The van der Waals surface area contributed by atoms with Gasteiger partial charge in [-0.15, -0.1) is 0 Å². The quantitative estimate of drug-likeness (QED) is 0.724. The van der Waals surface area contributed by atoms with Gasteiger partial charge in [0.25, 0.3) is 0 Å². The second-order valence-electron chi connectivity index (χ2n) is 2.34. The zero-order valence-corrected chi connectivity index (χ0v) is 9.83. The molecule has 2 rings (SSSR count). The van der Waals surface area contributed by atoms with Crippen LogP contribution >= 0.6 is 36.7 Å². The van der Waals surface area contributed by atoms with Gasteiger partial charge in [0.1, 0.15) is 3.76 Å². The highest BCUT2D eigenvalue weighted by molar-refractivity contribution is 14.2. The molecule has 1 aromatic carbocycles. The zero-order valence-electron chi connectivity index (χ0n) is 6.09. The SMILES string of the molecule is NC1=Ic2cc(Br)ccc2C=N1. The van der Waals surface area contributed by atoms with Gasteiger partial charge >= 0.3 is 0 Å². The van der Waals surface area contributed by atoms with E-state index in [2.05, 4.69) is 33.1 Å². The predicted molar refractivity (Wildman–Crippen MR) is 63.6 cm³/mol. The molecule has 0 aliphatic carbocycles. The first-order valence-corrected chi connectivity index (χ1v) is 6.31. The lowest BCUT2D eigenvalue weighted by atomic mass is 10.2. The smallest absolute Gasteiger partial charge is 0.136 e. The molecule has 0 aromatic heterocycles. The lowest BCUT2D eigenvalue weighted by molar-refractivity contribution is 1.54. The fourth-order valence-electron chi connectivity index (χ4n) is 0.948. The lowest BCUT2D eigenvalue weighted by Crippen LogP contribution is -2.09. The summed E-state index contributed by atoms with van der Waals surface area (Å²) in [5, 5.41) is 0. The molecule has 2 nitrogen and oxygen atoms in total. The molecular formula is C8H6BrIN2. The van der Waals surface area contributed by atoms with Gasteiger partial charge in [-0.2, -0.15) is 0 Å². The number of nitrogens with zero attached hydrogens (tertiary/aromatic N) is 1. The summed E-state index contributed by atoms with van der Waals surface area (Å²) in [6.07, 6.45) is 1.83. The summed E-state index contributed by atoms with van der Waals surface area (Å²) >= 11 is 3.22. The summed E-state index contributed by atoms with van der Waals surface area (Å²) in [6, 6.07) is 6.21. The second-order valence-corrected chi connectivity index (χ2v) is 6.06. The monoisotopic (exact) mass is 336 g/mol. The normalized spacial score (nSPS) is 14.7. The number of fused-ring (bicyclic) bond motifs is 1. The van der Waals surface area contributed by atoms with E-state index < -0.39 is 0 Å². The second kappa shape index (κ2) is 3.35. The minimum Gasteiger partial charge on any atom is -0.282 e. The molecule has 1 aliphatic heterocycles. The Morgan fingerprint density at radius 1 is 1.42 bits per heavy atom. The van der Waals surface area contributed by atoms with Gasteiger partial charge in [0, 0.05) is 19.8 Å². The van der Waals surface area contributed by atoms with Gasteiger partial charge in [0.05, 0.1) is 0 Å². The van der Waals surface area contributed by atoms with E-state index in [1.807, 2.05) is 12.3 Å². The van der Waals surface area contributed by atoms with Crippen molar-refractivity contribution in [2.24, 2.45) is 10.7 Å². The maximum absolute atomic E-state index is 5.65. The van der Waals surface area contributed by atoms with Gasteiger partial charge < -0.3 is 0 Å². The van der Waals surface area contributed by atoms with Crippen molar-refractivity contribution in [3.05, 3.63) is 31.8 Å². The van der Waals surface area contributed by atoms with Crippen LogP contribution in [-0.4, -0.2) is 9.97 Å². The maximum atomic E-state index is 5.65. The van der Waals surface area contributed by atoms with E-state index in [0.717, 1.165) is 8.23 Å². The van der Waals surface area contributed by atoms with Gasteiger partial charge in [-0.1, -0.05) is 22.0 Å². The summed E-state index contributed by atoms with van der Waals surface area (Å²) in [6.45, 7) is 0. The van der Waals surface area contributed by atoms with Crippen molar-refractivity contribution in [3.63, 3.8) is 0 Å². The van der Waals surface area contributed by atoms with Crippen LogP contribution in [0.4, 0.5) is 0 Å². The van der Waals surface area contributed by atoms with E-state index in [1.54, 1.807) is 0 Å². The van der Waals surface area contributed by atoms with Crippen molar-refractivity contribution < 1.29 is 0 Å². The van der Waals surface area contributed by atoms with Gasteiger partial charge in [-0.05, 0) is 32.9 Å². The average molecular weight is 337 g/mol. The number of hydrogen-bond acceptors (Lipinski definition) is 2. The van der Waals surface area contributed by atoms with Gasteiger partial charge in [0.2, 0.25) is 0 Å². The van der Waals surface area contributed by atoms with Crippen LogP contribution in [0, 0.1) is 3.57 Å². The molecular weight excluding hydrogens is 331 g/mol. The topological polar surface area (TPSA) is 38.4 Å². The Morgan fingerprint density at radius 2 is 2.25 bits per heavy atom. The molecule has 0 spiro atoms. The number of aliphatic imine (C=N–C) groups is 1. The number of nitrogens with two attached hydrogens (primary N) is 1. The molecule has 0 radical (unpaired) electrons. The van der Waals surface area contributed by atoms with Gasteiger partial charge in [-0.3, -0.25) is 5.73 Å². The molecule has 0 unspecified atom stereocenters. The third-order valence-corrected chi connectivity index (χ3v) is 4.33. The molecule has 0 atom stereocenters. The fraction of sp³-hybridized carbons (Fsp3) is 0. The molecule has 4 heteroatoms. The predicted octanol–water partition coefficient (Wildman–Crippen LogP) is 2.07. The maximum Gasteiger partial charge on any atom is 0.136 e. The highest BCUT2D eigenvalue weighted by atomic mass is 127. The van der Waals surface area contributed by atoms with E-state index in [4.69, 9.17) is 5.73 Å². The Kier molecular flexibility index (Phi) is 2.38. The molecule has 1 aliphatic rings. The van der Waals surface area contributed by atoms with E-state index in [9.17, 15) is 0 Å². The molecule has 62 valence electrons. The zero-order chi connectivity index (χ0) is 8.55. The first-order valence-electron chi connectivity index (χ1n) is 3.36. The molecule has 12 heavy (non-hydrogen) atoms. The Labute approximate surface area is 88.8 Å². The van der Waals surface area contributed by atoms with E-state index in [1.165, 1.54) is 9.13 Å². The summed E-state index contributed by atoms with van der Waals surface area (Å²) in [4.78, 5) is 4.10. The van der Waals surface area contributed by atoms with Crippen molar-refractivity contribution in [2.75, 3.05) is 0 Å². The Bertz CT molecular complexity index is 385. The molecule has 0 fully saturated rings. The van der Waals surface area contributed by atoms with Crippen molar-refractivity contribution in [1.29, 1.82) is 0 Å². The van der Waals surface area contributed by atoms with Crippen LogP contribution in [0.5, 0.6) is 0 Å². The first kappa shape index (κ1) is 8.52. The summed E-state index contributed by atoms with van der Waals surface area (Å²) in [7, 11) is 0. The first-order chi connectivity index (χ1) is 5.75. The average Bonchev–Trinajstić information content (AvgIpc) is 2.03. The molecule has 0 bridgehead atoms. The van der Waals surface area contributed by atoms with Crippen molar-refractivity contribution in [3.8, 4) is 0 Å². The van der Waals surface area contributed by atoms with Crippen LogP contribution in [0.1, 0.15) is 5.56 Å². The van der Waals surface area contributed by atoms with Crippen LogP contribution in [-0.2, 0) is 0 Å². The molecule has 0 saturated carbocycles. The molecule has 2 N–H and O–H groups in total. The van der Waals surface area contributed by atoms with E-state index >= 15 is 0 Å². The number of halogens is 2. The standard InChI is InChI=1S/C8H6BrIN2/c9-6-2-1-5-4-12-8(11)10-7(5)3-6/h1-4H,(H2,11,12). The van der Waals surface area contributed by atoms with Crippen LogP contribution in [0.15, 0.2) is 27.7 Å². The van der Waals surface area contributed by atoms with Crippen LogP contribution < -0.4 is 5.73 Å². The molecule has 0 amide bonds. The minimum atomic E-state index is -0.218. The number of rotatable bonds is 0. The largest absolute Gasteiger partial charge is 0.282 e. The number of benzene rings is 1. The van der Waals surface area contributed by atoms with Crippen molar-refractivity contribution in [1.82, 2.24) is 0 Å². The molecule has 0 saturated heterocycles. The summed E-state index contributed by atoms with van der Waals surface area (Å²) in [5.74, 6) is 0. The Hall–Kier alpha value is -0.0700. The third kappa shape index (κ3) is 1.65. The molecule has 1 aromatic rings. The highest BCUT2D eigenvalue weighted by Gasteiger charge is 2.04. The number of hydrogen-bond donors (Lipinski definition) is 1. The fourth-order valence-corrected chi connectivity index (χ4v) is 3.73.